The molecule has 2 rings (SSSR count). The topological polar surface area (TPSA) is 26.0 Å². The molecule has 0 amide bonds. The van der Waals surface area contributed by atoms with Gasteiger partial charge in [-0.1, -0.05) is 0 Å². The van der Waals surface area contributed by atoms with Crippen LogP contribution in [0.15, 0.2) is 18.2 Å². The van der Waals surface area contributed by atoms with Gasteiger partial charge in [-0.15, -0.1) is 0 Å². The molecule has 0 spiro atoms. The summed E-state index contributed by atoms with van der Waals surface area (Å²) >= 11 is 0. The Kier molecular flexibility index (Phi) is 3.00. The van der Waals surface area contributed by atoms with Crippen LogP contribution in [0.4, 0.5) is 8.78 Å². The molecule has 2 unspecified atom stereocenters. The van der Waals surface area contributed by atoms with Crippen molar-refractivity contribution < 1.29 is 8.78 Å². The highest BCUT2D eigenvalue weighted by Crippen LogP contribution is 2.36. The standard InChI is InChI=1S/C12H15F2N/c13-11-4-8(5-12(14)6-11)3-9-1-2-10(9)7-15/h4-6,9-10H,1-3,7,15H2. The van der Waals surface area contributed by atoms with E-state index >= 15 is 0 Å². The normalized spacial score (nSPS) is 25.0. The van der Waals surface area contributed by atoms with Crippen LogP contribution in [0.2, 0.25) is 0 Å². The second-order valence-corrected chi connectivity index (χ2v) is 4.32. The second-order valence-electron chi connectivity index (χ2n) is 4.32. The van der Waals surface area contributed by atoms with Crippen LogP contribution < -0.4 is 5.73 Å². The monoisotopic (exact) mass is 211 g/mol. The molecule has 0 aromatic heterocycles. The van der Waals surface area contributed by atoms with E-state index in [9.17, 15) is 8.78 Å². The van der Waals surface area contributed by atoms with Gasteiger partial charge in [-0.3, -0.25) is 0 Å². The zero-order chi connectivity index (χ0) is 10.8. The Bertz CT molecular complexity index is 329. The fraction of sp³-hybridized carbons (Fsp3) is 0.500. The van der Waals surface area contributed by atoms with E-state index in [1.165, 1.54) is 12.1 Å². The number of nitrogens with two attached hydrogens (primary N) is 1. The molecule has 1 aliphatic carbocycles. The van der Waals surface area contributed by atoms with Crippen molar-refractivity contribution in [3.05, 3.63) is 35.4 Å². The quantitative estimate of drug-likeness (QED) is 0.816. The largest absolute Gasteiger partial charge is 0.330 e. The molecule has 1 fully saturated rings. The third-order valence-corrected chi connectivity index (χ3v) is 3.30. The summed E-state index contributed by atoms with van der Waals surface area (Å²) in [6, 6.07) is 3.73. The van der Waals surface area contributed by atoms with E-state index in [-0.39, 0.29) is 0 Å². The van der Waals surface area contributed by atoms with Crippen molar-refractivity contribution in [3.8, 4) is 0 Å². The number of halogens is 2. The Morgan fingerprint density at radius 3 is 2.13 bits per heavy atom. The number of benzene rings is 1. The van der Waals surface area contributed by atoms with E-state index in [0.717, 1.165) is 30.9 Å². The summed E-state index contributed by atoms with van der Waals surface area (Å²) in [5.74, 6) is 0.0646. The number of hydrogen-bond donors (Lipinski definition) is 1. The lowest BCUT2D eigenvalue weighted by Gasteiger charge is -2.36. The molecular weight excluding hydrogens is 196 g/mol. The van der Waals surface area contributed by atoms with Crippen molar-refractivity contribution in [2.24, 2.45) is 17.6 Å². The van der Waals surface area contributed by atoms with Gasteiger partial charge in [0.25, 0.3) is 0 Å². The first-order valence-corrected chi connectivity index (χ1v) is 5.34. The van der Waals surface area contributed by atoms with Crippen LogP contribution in [-0.4, -0.2) is 6.54 Å². The summed E-state index contributed by atoms with van der Waals surface area (Å²) in [5.41, 5.74) is 6.34. The smallest absolute Gasteiger partial charge is 0.126 e. The minimum Gasteiger partial charge on any atom is -0.330 e. The van der Waals surface area contributed by atoms with Gasteiger partial charge in [0.15, 0.2) is 0 Å². The van der Waals surface area contributed by atoms with E-state index in [2.05, 4.69) is 0 Å². The van der Waals surface area contributed by atoms with Crippen LogP contribution in [0.5, 0.6) is 0 Å². The number of hydrogen-bond acceptors (Lipinski definition) is 1. The van der Waals surface area contributed by atoms with Crippen molar-refractivity contribution in [1.82, 2.24) is 0 Å². The Morgan fingerprint density at radius 2 is 1.67 bits per heavy atom. The minimum atomic E-state index is -0.492. The molecule has 0 saturated heterocycles. The molecule has 82 valence electrons. The molecule has 1 nitrogen and oxygen atoms in total. The Morgan fingerprint density at radius 1 is 1.07 bits per heavy atom. The first kappa shape index (κ1) is 10.6. The van der Waals surface area contributed by atoms with Crippen LogP contribution in [0.1, 0.15) is 18.4 Å². The molecule has 0 aliphatic heterocycles. The van der Waals surface area contributed by atoms with Crippen molar-refractivity contribution in [3.63, 3.8) is 0 Å². The second kappa shape index (κ2) is 4.27. The Balaban J connectivity index is 2.04. The maximum atomic E-state index is 12.9. The highest BCUT2D eigenvalue weighted by molar-refractivity contribution is 5.19. The molecule has 1 aromatic carbocycles. The average Bonchev–Trinajstić information content (AvgIpc) is 2.12. The van der Waals surface area contributed by atoms with Gasteiger partial charge in [0.1, 0.15) is 11.6 Å². The van der Waals surface area contributed by atoms with Crippen molar-refractivity contribution in [1.29, 1.82) is 0 Å². The fourth-order valence-electron chi connectivity index (χ4n) is 2.25. The molecule has 0 heterocycles. The van der Waals surface area contributed by atoms with Gasteiger partial charge < -0.3 is 5.73 Å². The van der Waals surface area contributed by atoms with Gasteiger partial charge in [0, 0.05) is 6.07 Å². The summed E-state index contributed by atoms with van der Waals surface area (Å²) < 4.78 is 25.8. The summed E-state index contributed by atoms with van der Waals surface area (Å²) in [4.78, 5) is 0. The highest BCUT2D eigenvalue weighted by Gasteiger charge is 2.29. The Labute approximate surface area is 88.3 Å². The predicted molar refractivity (Wildman–Crippen MR) is 55.3 cm³/mol. The van der Waals surface area contributed by atoms with E-state index in [0.29, 0.717) is 18.4 Å². The summed E-state index contributed by atoms with van der Waals surface area (Å²) in [7, 11) is 0. The molecular formula is C12H15F2N. The molecule has 1 aliphatic rings. The molecule has 2 atom stereocenters. The van der Waals surface area contributed by atoms with Gasteiger partial charge in [-0.05, 0) is 55.3 Å². The van der Waals surface area contributed by atoms with Crippen LogP contribution in [0, 0.1) is 23.5 Å². The summed E-state index contributed by atoms with van der Waals surface area (Å²) in [6.07, 6.45) is 3.02. The molecule has 15 heavy (non-hydrogen) atoms. The summed E-state index contributed by atoms with van der Waals surface area (Å²) in [6.45, 7) is 0.683. The zero-order valence-electron chi connectivity index (χ0n) is 8.55. The zero-order valence-corrected chi connectivity index (χ0v) is 8.55. The van der Waals surface area contributed by atoms with Crippen LogP contribution >= 0.6 is 0 Å². The maximum Gasteiger partial charge on any atom is 0.126 e. The van der Waals surface area contributed by atoms with Crippen LogP contribution in [0.3, 0.4) is 0 Å². The molecule has 3 heteroatoms. The minimum absolute atomic E-state index is 0.492. The predicted octanol–water partition coefficient (Wildman–Crippen LogP) is 2.49. The van der Waals surface area contributed by atoms with Gasteiger partial charge >= 0.3 is 0 Å². The maximum absolute atomic E-state index is 12.9. The first-order valence-electron chi connectivity index (χ1n) is 5.34. The SMILES string of the molecule is NCC1CCC1Cc1cc(F)cc(F)c1. The third kappa shape index (κ3) is 2.34. The lowest BCUT2D eigenvalue weighted by molar-refractivity contribution is 0.183. The molecule has 2 N–H and O–H groups in total. The van der Waals surface area contributed by atoms with E-state index in [1.54, 1.807) is 0 Å². The van der Waals surface area contributed by atoms with E-state index in [4.69, 9.17) is 5.73 Å². The third-order valence-electron chi connectivity index (χ3n) is 3.30. The molecule has 0 radical (unpaired) electrons. The van der Waals surface area contributed by atoms with Crippen LogP contribution in [0.25, 0.3) is 0 Å². The Hall–Kier alpha value is -0.960. The number of rotatable bonds is 3. The van der Waals surface area contributed by atoms with E-state index < -0.39 is 11.6 Å². The van der Waals surface area contributed by atoms with Gasteiger partial charge in [0.05, 0.1) is 0 Å². The lowest BCUT2D eigenvalue weighted by atomic mass is 9.71. The average molecular weight is 211 g/mol. The first-order chi connectivity index (χ1) is 7.19. The molecule has 0 bridgehead atoms. The van der Waals surface area contributed by atoms with Crippen molar-refractivity contribution in [2.75, 3.05) is 6.54 Å². The van der Waals surface area contributed by atoms with E-state index in [1.807, 2.05) is 0 Å². The van der Waals surface area contributed by atoms with Gasteiger partial charge in [-0.25, -0.2) is 8.78 Å². The highest BCUT2D eigenvalue weighted by atomic mass is 19.1. The van der Waals surface area contributed by atoms with Crippen LogP contribution in [-0.2, 0) is 6.42 Å². The summed E-state index contributed by atoms with van der Waals surface area (Å²) in [5, 5.41) is 0. The molecule has 1 aromatic rings. The van der Waals surface area contributed by atoms with Crippen molar-refractivity contribution >= 4 is 0 Å². The lowest BCUT2D eigenvalue weighted by Crippen LogP contribution is -2.33. The molecule has 1 saturated carbocycles. The van der Waals surface area contributed by atoms with Gasteiger partial charge in [0.2, 0.25) is 0 Å². The van der Waals surface area contributed by atoms with Gasteiger partial charge in [-0.2, -0.15) is 0 Å². The van der Waals surface area contributed by atoms with Crippen molar-refractivity contribution in [2.45, 2.75) is 19.3 Å². The fourth-order valence-corrected chi connectivity index (χ4v) is 2.25.